The third kappa shape index (κ3) is 5.16. The Labute approximate surface area is 191 Å². The van der Waals surface area contributed by atoms with Gasteiger partial charge in [0.1, 0.15) is 5.82 Å². The van der Waals surface area contributed by atoms with E-state index in [4.69, 9.17) is 23.2 Å². The average Bonchev–Trinajstić information content (AvgIpc) is 2.72. The summed E-state index contributed by atoms with van der Waals surface area (Å²) in [7, 11) is 0. The van der Waals surface area contributed by atoms with E-state index >= 15 is 0 Å². The van der Waals surface area contributed by atoms with Crippen molar-refractivity contribution in [3.05, 3.63) is 52.5 Å². The molecule has 2 heterocycles. The van der Waals surface area contributed by atoms with E-state index in [0.29, 0.717) is 45.9 Å². The van der Waals surface area contributed by atoms with Crippen LogP contribution in [-0.4, -0.2) is 46.1 Å². The predicted octanol–water partition coefficient (Wildman–Crippen LogP) is 5.65. The number of para-hydroxylation sites is 1. The van der Waals surface area contributed by atoms with E-state index in [1.807, 2.05) is 24.3 Å². The first-order chi connectivity index (χ1) is 15.2. The molecule has 1 saturated heterocycles. The van der Waals surface area contributed by atoms with Gasteiger partial charge in [0, 0.05) is 40.3 Å². The van der Waals surface area contributed by atoms with Gasteiger partial charge in [-0.25, -0.2) is 4.98 Å². The molecule has 0 atom stereocenters. The SMILES string of the molecule is O=C(N1CCC(Nc2nc(Nc3cc(Cl)cc(Cl)c3)nc3ccccc23)CC1)C(F)(F)F. The molecule has 0 aliphatic carbocycles. The molecule has 168 valence electrons. The molecule has 1 aliphatic heterocycles. The number of fused-ring (bicyclic) bond motifs is 1. The lowest BCUT2D eigenvalue weighted by Crippen LogP contribution is -2.47. The van der Waals surface area contributed by atoms with E-state index in [0.717, 1.165) is 10.3 Å². The summed E-state index contributed by atoms with van der Waals surface area (Å²) in [5.74, 6) is -0.934. The number of rotatable bonds is 4. The van der Waals surface area contributed by atoms with Crippen molar-refractivity contribution in [2.24, 2.45) is 0 Å². The van der Waals surface area contributed by atoms with E-state index in [2.05, 4.69) is 20.6 Å². The minimum absolute atomic E-state index is 0.0190. The Hall–Kier alpha value is -2.78. The summed E-state index contributed by atoms with van der Waals surface area (Å²) in [6, 6.07) is 12.2. The number of nitrogens with one attached hydrogen (secondary N) is 2. The molecule has 0 spiro atoms. The number of carbonyl (C=O) groups excluding carboxylic acids is 1. The summed E-state index contributed by atoms with van der Waals surface area (Å²) in [5, 5.41) is 8.08. The Morgan fingerprint density at radius 3 is 2.34 bits per heavy atom. The number of piperidine rings is 1. The highest BCUT2D eigenvalue weighted by atomic mass is 35.5. The number of alkyl halides is 3. The van der Waals surface area contributed by atoms with Crippen LogP contribution in [0.15, 0.2) is 42.5 Å². The number of carbonyl (C=O) groups is 1. The first kappa shape index (κ1) is 22.4. The van der Waals surface area contributed by atoms with E-state index in [1.165, 1.54) is 0 Å². The molecule has 4 rings (SSSR count). The van der Waals surface area contributed by atoms with E-state index in [1.54, 1.807) is 18.2 Å². The fraction of sp³-hybridized carbons (Fsp3) is 0.286. The van der Waals surface area contributed by atoms with Gasteiger partial charge in [-0.3, -0.25) is 4.79 Å². The third-order valence-electron chi connectivity index (χ3n) is 5.09. The first-order valence-corrected chi connectivity index (χ1v) is 10.6. The van der Waals surface area contributed by atoms with Gasteiger partial charge in [0.25, 0.3) is 0 Å². The zero-order valence-electron chi connectivity index (χ0n) is 16.6. The van der Waals surface area contributed by atoms with E-state index in [-0.39, 0.29) is 19.1 Å². The number of hydrogen-bond donors (Lipinski definition) is 2. The molecule has 0 saturated carbocycles. The van der Waals surface area contributed by atoms with Crippen molar-refractivity contribution in [2.75, 3.05) is 23.7 Å². The van der Waals surface area contributed by atoms with Gasteiger partial charge in [-0.05, 0) is 43.2 Å². The molecule has 1 aromatic heterocycles. The van der Waals surface area contributed by atoms with Crippen molar-refractivity contribution < 1.29 is 18.0 Å². The van der Waals surface area contributed by atoms with Gasteiger partial charge < -0.3 is 15.5 Å². The lowest BCUT2D eigenvalue weighted by atomic mass is 10.0. The normalized spacial score (nSPS) is 15.1. The number of amides is 1. The zero-order valence-corrected chi connectivity index (χ0v) is 18.1. The van der Waals surface area contributed by atoms with Crippen LogP contribution in [0.4, 0.5) is 30.6 Å². The average molecular weight is 484 g/mol. The molecule has 1 aliphatic rings. The van der Waals surface area contributed by atoms with E-state index in [9.17, 15) is 18.0 Å². The summed E-state index contributed by atoms with van der Waals surface area (Å²) in [6.07, 6.45) is -4.12. The summed E-state index contributed by atoms with van der Waals surface area (Å²) in [5.41, 5.74) is 1.30. The molecule has 0 bridgehead atoms. The van der Waals surface area contributed by atoms with Crippen LogP contribution in [0.1, 0.15) is 12.8 Å². The van der Waals surface area contributed by atoms with Crippen molar-refractivity contribution in [3.8, 4) is 0 Å². The van der Waals surface area contributed by atoms with Gasteiger partial charge in [0.15, 0.2) is 0 Å². The standard InChI is InChI=1S/C21H18Cl2F3N5O/c22-12-9-13(23)11-15(10-12)28-20-29-17-4-2-1-3-16(17)18(30-20)27-14-5-7-31(8-6-14)19(32)21(24,25)26/h1-4,9-11,14H,5-8H2,(H2,27,28,29,30). The van der Waals surface area contributed by atoms with Crippen molar-refractivity contribution >= 4 is 57.5 Å². The first-order valence-electron chi connectivity index (χ1n) is 9.81. The Morgan fingerprint density at radius 1 is 1.03 bits per heavy atom. The Bertz CT molecular complexity index is 1130. The van der Waals surface area contributed by atoms with Crippen LogP contribution in [0, 0.1) is 0 Å². The van der Waals surface area contributed by atoms with E-state index < -0.39 is 12.1 Å². The van der Waals surface area contributed by atoms with Gasteiger partial charge >= 0.3 is 12.1 Å². The third-order valence-corrected chi connectivity index (χ3v) is 5.52. The second kappa shape index (κ2) is 8.99. The van der Waals surface area contributed by atoms with Gasteiger partial charge in [0.05, 0.1) is 5.52 Å². The van der Waals surface area contributed by atoms with Crippen LogP contribution in [0.2, 0.25) is 10.0 Å². The molecule has 2 aromatic carbocycles. The van der Waals surface area contributed by atoms with Crippen LogP contribution in [0.3, 0.4) is 0 Å². The highest BCUT2D eigenvalue weighted by Gasteiger charge is 2.43. The number of nitrogens with zero attached hydrogens (tertiary/aromatic N) is 3. The summed E-state index contributed by atoms with van der Waals surface area (Å²) < 4.78 is 38.0. The van der Waals surface area contributed by atoms with Gasteiger partial charge in [0.2, 0.25) is 5.95 Å². The number of benzene rings is 2. The summed E-state index contributed by atoms with van der Waals surface area (Å²) in [4.78, 5) is 21.4. The molecule has 11 heteroatoms. The number of likely N-dealkylation sites (tertiary alicyclic amines) is 1. The number of hydrogen-bond acceptors (Lipinski definition) is 5. The molecule has 6 nitrogen and oxygen atoms in total. The monoisotopic (exact) mass is 483 g/mol. The van der Waals surface area contributed by atoms with Crippen LogP contribution in [0.5, 0.6) is 0 Å². The Morgan fingerprint density at radius 2 is 1.69 bits per heavy atom. The topological polar surface area (TPSA) is 70.2 Å². The highest BCUT2D eigenvalue weighted by molar-refractivity contribution is 6.35. The quantitative estimate of drug-likeness (QED) is 0.501. The second-order valence-corrected chi connectivity index (χ2v) is 8.28. The van der Waals surface area contributed by atoms with Crippen LogP contribution in [-0.2, 0) is 4.79 Å². The lowest BCUT2D eigenvalue weighted by molar-refractivity contribution is -0.186. The maximum Gasteiger partial charge on any atom is 0.471 e. The summed E-state index contributed by atoms with van der Waals surface area (Å²) in [6.45, 7) is 0.0380. The largest absolute Gasteiger partial charge is 0.471 e. The van der Waals surface area contributed by atoms with Gasteiger partial charge in [-0.1, -0.05) is 35.3 Å². The molecule has 0 radical (unpaired) electrons. The Kier molecular flexibility index (Phi) is 6.30. The molecule has 1 amide bonds. The fourth-order valence-corrected chi connectivity index (χ4v) is 4.12. The number of halogens is 5. The molecule has 3 aromatic rings. The maximum atomic E-state index is 12.7. The fourth-order valence-electron chi connectivity index (χ4n) is 3.60. The molecule has 1 fully saturated rings. The lowest BCUT2D eigenvalue weighted by Gasteiger charge is -2.33. The smallest absolute Gasteiger partial charge is 0.367 e. The van der Waals surface area contributed by atoms with Crippen molar-refractivity contribution in [1.29, 1.82) is 0 Å². The second-order valence-electron chi connectivity index (χ2n) is 7.40. The van der Waals surface area contributed by atoms with Crippen LogP contribution < -0.4 is 10.6 Å². The number of aromatic nitrogens is 2. The minimum atomic E-state index is -4.85. The zero-order chi connectivity index (χ0) is 22.9. The van der Waals surface area contributed by atoms with Crippen LogP contribution in [0.25, 0.3) is 10.9 Å². The number of anilines is 3. The molecular formula is C21H18Cl2F3N5O. The highest BCUT2D eigenvalue weighted by Crippen LogP contribution is 2.29. The minimum Gasteiger partial charge on any atom is -0.367 e. The molecule has 0 unspecified atom stereocenters. The van der Waals surface area contributed by atoms with Gasteiger partial charge in [-0.15, -0.1) is 0 Å². The molecule has 2 N–H and O–H groups in total. The van der Waals surface area contributed by atoms with Crippen molar-refractivity contribution in [2.45, 2.75) is 25.1 Å². The molecular weight excluding hydrogens is 466 g/mol. The molecule has 32 heavy (non-hydrogen) atoms. The Balaban J connectivity index is 1.54. The predicted molar refractivity (Wildman–Crippen MR) is 119 cm³/mol. The maximum absolute atomic E-state index is 12.7. The van der Waals surface area contributed by atoms with Gasteiger partial charge in [-0.2, -0.15) is 18.2 Å². The summed E-state index contributed by atoms with van der Waals surface area (Å²) >= 11 is 12.1. The van der Waals surface area contributed by atoms with Crippen molar-refractivity contribution in [1.82, 2.24) is 14.9 Å². The van der Waals surface area contributed by atoms with Crippen LogP contribution >= 0.6 is 23.2 Å². The van der Waals surface area contributed by atoms with Crippen molar-refractivity contribution in [3.63, 3.8) is 0 Å².